The van der Waals surface area contributed by atoms with E-state index in [-0.39, 0.29) is 46.3 Å². The number of carbonyl (C=O) groups excluding carboxylic acids is 4. The molecule has 4 aromatic carbocycles. The molecule has 0 bridgehead atoms. The molecule has 1 saturated heterocycles. The molecule has 1 aliphatic rings. The molecule has 18 heteroatoms. The highest BCUT2D eigenvalue weighted by atomic mass is 35.5. The van der Waals surface area contributed by atoms with Gasteiger partial charge in [0.2, 0.25) is 21.7 Å². The van der Waals surface area contributed by atoms with Crippen molar-refractivity contribution in [1.82, 2.24) is 9.62 Å². The highest BCUT2D eigenvalue weighted by Crippen LogP contribution is 2.35. The van der Waals surface area contributed by atoms with Gasteiger partial charge in [-0.1, -0.05) is 17.7 Å². The lowest BCUT2D eigenvalue weighted by Gasteiger charge is -2.29. The second-order valence-corrected chi connectivity index (χ2v) is 14.5. The van der Waals surface area contributed by atoms with Crippen LogP contribution in [0.2, 0.25) is 5.02 Å². The number of amides is 2. The van der Waals surface area contributed by atoms with Gasteiger partial charge in [-0.05, 0) is 79.6 Å². The summed E-state index contributed by atoms with van der Waals surface area (Å²) in [5.41, 5.74) is -2.34. The molecule has 0 spiro atoms. The second kappa shape index (κ2) is 15.8. The molecule has 2 amide bonds. The number of nitrogens with one attached hydrogen (secondary N) is 2. The third kappa shape index (κ3) is 8.38. The van der Waals surface area contributed by atoms with Crippen molar-refractivity contribution in [2.45, 2.75) is 36.8 Å². The van der Waals surface area contributed by atoms with E-state index in [1.54, 1.807) is 0 Å². The number of hydrogen-bond donors (Lipinski definition) is 7. The molecule has 0 saturated carbocycles. The van der Waals surface area contributed by atoms with Gasteiger partial charge in [-0.25, -0.2) is 18.0 Å². The van der Waals surface area contributed by atoms with Gasteiger partial charge >= 0.3 is 11.9 Å². The van der Waals surface area contributed by atoms with E-state index in [1.165, 1.54) is 49.4 Å². The highest BCUT2D eigenvalue weighted by Gasteiger charge is 2.37. The number of sulfonamides is 1. The fourth-order valence-electron chi connectivity index (χ4n) is 5.81. The first-order valence-corrected chi connectivity index (χ1v) is 17.8. The zero-order valence-corrected chi connectivity index (χ0v) is 29.7. The van der Waals surface area contributed by atoms with E-state index in [4.69, 9.17) is 16.3 Å². The van der Waals surface area contributed by atoms with Crippen LogP contribution in [0.5, 0.6) is 23.0 Å². The van der Waals surface area contributed by atoms with E-state index in [0.717, 1.165) is 34.6 Å². The quantitative estimate of drug-likeness (QED) is 0.0892. The molecule has 16 nitrogen and oxygen atoms in total. The fraction of sp³-hybridized carbons (Fsp3) is 0.194. The van der Waals surface area contributed by atoms with Crippen LogP contribution < -0.4 is 10.6 Å². The molecule has 2 atom stereocenters. The Kier molecular flexibility index (Phi) is 11.4. The first kappa shape index (κ1) is 39.0. The predicted octanol–water partition coefficient (Wildman–Crippen LogP) is 3.86. The Balaban J connectivity index is 1.44. The smallest absolute Gasteiger partial charge is 0.338 e. The maximum absolute atomic E-state index is 13.9. The molecule has 0 aromatic heterocycles. The van der Waals surface area contributed by atoms with Gasteiger partial charge in [-0.15, -0.1) is 0 Å². The Bertz CT molecular complexity index is 2260. The molecule has 1 aliphatic heterocycles. The van der Waals surface area contributed by atoms with Crippen LogP contribution in [-0.2, 0) is 19.6 Å². The number of carbonyl (C=O) groups is 5. The number of phenolic OH excluding ortho intramolecular Hbond substituents is 4. The van der Waals surface area contributed by atoms with E-state index in [2.05, 4.69) is 10.6 Å². The van der Waals surface area contributed by atoms with Crippen LogP contribution in [-0.4, -0.2) is 93.0 Å². The summed E-state index contributed by atoms with van der Waals surface area (Å²) >= 11 is 6.25. The summed E-state index contributed by atoms with van der Waals surface area (Å²) in [6, 6.07) is 12.5. The Hall–Kier alpha value is -6.17. The lowest BCUT2D eigenvalue weighted by Crippen LogP contribution is -2.51. The van der Waals surface area contributed by atoms with Crippen molar-refractivity contribution < 1.29 is 62.7 Å². The van der Waals surface area contributed by atoms with Gasteiger partial charge in [0.15, 0.2) is 0 Å². The van der Waals surface area contributed by atoms with E-state index >= 15 is 0 Å². The Morgan fingerprint density at radius 1 is 0.852 bits per heavy atom. The third-order valence-electron chi connectivity index (χ3n) is 8.40. The van der Waals surface area contributed by atoms with Crippen LogP contribution in [0, 0.1) is 0 Å². The number of ether oxygens (including phenoxy) is 1. The molecule has 1 fully saturated rings. The summed E-state index contributed by atoms with van der Waals surface area (Å²) in [5.74, 6) is -7.87. The van der Waals surface area contributed by atoms with Gasteiger partial charge in [0, 0.05) is 25.6 Å². The van der Waals surface area contributed by atoms with Crippen molar-refractivity contribution in [2.75, 3.05) is 18.4 Å². The molecule has 4 aromatic rings. The van der Waals surface area contributed by atoms with Gasteiger partial charge in [0.05, 0.1) is 38.3 Å². The predicted molar refractivity (Wildman–Crippen MR) is 191 cm³/mol. The summed E-state index contributed by atoms with van der Waals surface area (Å²) < 4.78 is 34.5. The molecule has 0 radical (unpaired) electrons. The number of hydrogen-bond acceptors (Lipinski definition) is 12. The van der Waals surface area contributed by atoms with E-state index in [1.807, 2.05) is 0 Å². The van der Waals surface area contributed by atoms with Crippen LogP contribution in [0.25, 0.3) is 0 Å². The molecule has 7 N–H and O–H groups in total. The average molecular weight is 782 g/mol. The van der Waals surface area contributed by atoms with Crippen LogP contribution in [0.15, 0.2) is 77.7 Å². The zero-order chi connectivity index (χ0) is 39.5. The largest absolute Gasteiger partial charge is 0.508 e. The van der Waals surface area contributed by atoms with Gasteiger partial charge in [-0.3, -0.25) is 14.4 Å². The van der Waals surface area contributed by atoms with Crippen LogP contribution in [0.3, 0.4) is 0 Å². The van der Waals surface area contributed by atoms with Crippen molar-refractivity contribution in [3.8, 4) is 23.0 Å². The molecular formula is C36H32ClN3O13S. The lowest BCUT2D eigenvalue weighted by molar-refractivity contribution is -0.114. The number of aromatic hydroxyl groups is 4. The minimum Gasteiger partial charge on any atom is -0.508 e. The molecule has 0 aliphatic carbocycles. The molecule has 282 valence electrons. The molecule has 1 heterocycles. The lowest BCUT2D eigenvalue weighted by atomic mass is 9.95. The summed E-state index contributed by atoms with van der Waals surface area (Å²) in [7, 11) is -4.30. The molecule has 5 rings (SSSR count). The Morgan fingerprint density at radius 3 is 2.13 bits per heavy atom. The number of anilines is 1. The minimum atomic E-state index is -4.30. The van der Waals surface area contributed by atoms with Crippen LogP contribution in [0.4, 0.5) is 5.69 Å². The van der Waals surface area contributed by atoms with Crippen molar-refractivity contribution in [2.24, 2.45) is 0 Å². The standard InChI is InChI=1S/C36H32ClN3O13S/c1-18(41)38-25-12-11-22(16-24(25)37)54(51,52)40-13-3-6-30(26(17-40)39-34(47)19-7-9-21(42)10-8-19)53-36(50)20-14-28(44)32(29(45)15-20)33(46)31-23(35(48)49)4-2-5-27(31)43/h2,4-5,7-12,14-16,26,30,42-45H,3,6,13,17H2,1H3,(H,38,41)(H,39,47)(H,48,49)/t26-,30-/m0/s1. The third-order valence-corrected chi connectivity index (χ3v) is 10.6. The normalized spacial score (nSPS) is 16.1. The molecule has 0 unspecified atom stereocenters. The number of rotatable bonds is 10. The van der Waals surface area contributed by atoms with Crippen molar-refractivity contribution in [1.29, 1.82) is 0 Å². The number of halogens is 1. The summed E-state index contributed by atoms with van der Waals surface area (Å²) in [6.45, 7) is 0.758. The Labute approximate surface area is 312 Å². The highest BCUT2D eigenvalue weighted by molar-refractivity contribution is 7.89. The number of carboxylic acid groups (broad SMARTS) is 1. The van der Waals surface area contributed by atoms with Gasteiger partial charge < -0.3 is 40.9 Å². The number of benzene rings is 4. The maximum atomic E-state index is 13.9. The molecule has 54 heavy (non-hydrogen) atoms. The van der Waals surface area contributed by atoms with Gasteiger partial charge in [-0.2, -0.15) is 4.31 Å². The summed E-state index contributed by atoms with van der Waals surface area (Å²) in [4.78, 5) is 63.0. The number of aromatic carboxylic acids is 1. The maximum Gasteiger partial charge on any atom is 0.338 e. The SMILES string of the molecule is CC(=O)Nc1ccc(S(=O)(=O)N2CCC[C@H](OC(=O)c3cc(O)c(C(=O)c4c(O)cccc4C(=O)O)c(O)c3)[C@@H](NC(=O)c3ccc(O)cc3)C2)cc1Cl. The fourth-order valence-corrected chi connectivity index (χ4v) is 7.63. The topological polar surface area (TPSA) is 257 Å². The van der Waals surface area contributed by atoms with Gasteiger partial charge in [0.25, 0.3) is 5.91 Å². The molecular weight excluding hydrogens is 750 g/mol. The second-order valence-electron chi connectivity index (χ2n) is 12.1. The van der Waals surface area contributed by atoms with Crippen LogP contribution in [0.1, 0.15) is 66.8 Å². The van der Waals surface area contributed by atoms with Crippen LogP contribution >= 0.6 is 11.6 Å². The monoisotopic (exact) mass is 781 g/mol. The number of carboxylic acids is 1. The first-order valence-electron chi connectivity index (χ1n) is 16.0. The summed E-state index contributed by atoms with van der Waals surface area (Å²) in [5, 5.41) is 56.0. The Morgan fingerprint density at radius 2 is 1.52 bits per heavy atom. The van der Waals surface area contributed by atoms with E-state index in [0.29, 0.717) is 0 Å². The first-order chi connectivity index (χ1) is 25.5. The average Bonchev–Trinajstić information content (AvgIpc) is 3.30. The number of ketones is 1. The number of nitrogens with zero attached hydrogens (tertiary/aromatic N) is 1. The number of phenols is 4. The van der Waals surface area contributed by atoms with E-state index in [9.17, 15) is 57.9 Å². The minimum absolute atomic E-state index is 0.0142. The van der Waals surface area contributed by atoms with Gasteiger partial charge in [0.1, 0.15) is 34.7 Å². The zero-order valence-electron chi connectivity index (χ0n) is 28.1. The van der Waals surface area contributed by atoms with Crippen molar-refractivity contribution in [3.63, 3.8) is 0 Å². The summed E-state index contributed by atoms with van der Waals surface area (Å²) in [6.07, 6.45) is -1.06. The van der Waals surface area contributed by atoms with E-state index < -0.39 is 97.8 Å². The number of esters is 1. The van der Waals surface area contributed by atoms with Crippen molar-refractivity contribution >= 4 is 56.8 Å². The van der Waals surface area contributed by atoms with Crippen molar-refractivity contribution in [3.05, 3.63) is 106 Å².